The van der Waals surface area contributed by atoms with Crippen molar-refractivity contribution in [3.63, 3.8) is 0 Å². The van der Waals surface area contributed by atoms with Crippen LogP contribution in [0.4, 0.5) is 4.79 Å². The summed E-state index contributed by atoms with van der Waals surface area (Å²) in [4.78, 5) is 60.9. The number of esters is 2. The molecular weight excluding hydrogens is 1100 g/mol. The largest absolute Gasteiger partial charge is 0.467 e. The van der Waals surface area contributed by atoms with Crippen molar-refractivity contribution in [2.45, 2.75) is 206 Å². The molecule has 4 aliphatic heterocycles. The Balaban J connectivity index is 1.04. The Morgan fingerprint density at radius 3 is 1.64 bits per heavy atom. The first-order chi connectivity index (χ1) is 41.0. The van der Waals surface area contributed by atoms with E-state index >= 15 is 0 Å². The fourth-order valence-corrected chi connectivity index (χ4v) is 11.7. The lowest BCUT2D eigenvalue weighted by atomic mass is 9.83. The van der Waals surface area contributed by atoms with E-state index in [1.54, 1.807) is 11.8 Å². The van der Waals surface area contributed by atoms with Gasteiger partial charge in [-0.3, -0.25) is 9.59 Å². The summed E-state index contributed by atoms with van der Waals surface area (Å²) in [5.74, 6) is -4.15. The summed E-state index contributed by atoms with van der Waals surface area (Å²) in [6, 6.07) is 26.9. The highest BCUT2D eigenvalue weighted by molar-refractivity contribution is 5.81. The van der Waals surface area contributed by atoms with Gasteiger partial charge in [-0.05, 0) is 84.5 Å². The second kappa shape index (κ2) is 32.5. The highest BCUT2D eigenvalue weighted by Crippen LogP contribution is 2.43. The molecule has 0 saturated carbocycles. The summed E-state index contributed by atoms with van der Waals surface area (Å²) in [7, 11) is 1.26. The van der Waals surface area contributed by atoms with Gasteiger partial charge < -0.3 is 61.7 Å². The van der Waals surface area contributed by atoms with E-state index in [1.165, 1.54) is 21.0 Å². The van der Waals surface area contributed by atoms with Crippen LogP contribution < -0.4 is 0 Å². The fraction of sp³-hybridized carbons (Fsp3) is 0.645. The number of benzene rings is 3. The van der Waals surface area contributed by atoms with Crippen molar-refractivity contribution in [1.82, 2.24) is 4.90 Å². The van der Waals surface area contributed by atoms with Gasteiger partial charge in [0.05, 0.1) is 56.3 Å². The van der Waals surface area contributed by atoms with Crippen molar-refractivity contribution in [2.24, 2.45) is 39.8 Å². The van der Waals surface area contributed by atoms with Crippen LogP contribution in [0.2, 0.25) is 0 Å². The van der Waals surface area contributed by atoms with Crippen LogP contribution >= 0.6 is 0 Å². The molecule has 0 N–H and O–H groups in total. The van der Waals surface area contributed by atoms with Crippen LogP contribution in [0.3, 0.4) is 0 Å². The van der Waals surface area contributed by atoms with Gasteiger partial charge in [0, 0.05) is 48.3 Å². The number of methoxy groups -OCH3 is 1. The second-order valence-corrected chi connectivity index (χ2v) is 22.6. The normalized spacial score (nSPS) is 32.8. The van der Waals surface area contributed by atoms with Gasteiger partial charge in [-0.1, -0.05) is 150 Å². The zero-order valence-corrected chi connectivity index (χ0v) is 50.4. The average molecular weight is 1180 g/mol. The Hall–Kier alpha value is -6.20. The summed E-state index contributed by atoms with van der Waals surface area (Å²) in [5.41, 5.74) is 22.7. The lowest BCUT2D eigenvalue weighted by Gasteiger charge is -2.51. The van der Waals surface area contributed by atoms with Gasteiger partial charge in [0.25, 0.3) is 0 Å². The first-order valence-corrected chi connectivity index (χ1v) is 29.7. The van der Waals surface area contributed by atoms with Crippen molar-refractivity contribution >= 4 is 23.8 Å². The third-order valence-corrected chi connectivity index (χ3v) is 16.8. The summed E-state index contributed by atoms with van der Waals surface area (Å²) in [6.45, 7) is 17.2. The summed E-state index contributed by atoms with van der Waals surface area (Å²) in [5, 5.41) is 8.36. The van der Waals surface area contributed by atoms with Crippen LogP contribution in [0.1, 0.15) is 111 Å². The fourth-order valence-electron chi connectivity index (χ4n) is 11.7. The Kier molecular flexibility index (Phi) is 25.4. The SMILES string of the molecule is CCC1O[C@H](O[C@@H]2C(C(C)=O)O[C@@H](O[C@H]3C(C)C(N=[N+]=[N-])[C@@H](OCCCCCN(Cc4ccccc4)C(=O)OCc4ccccc4)O[C@H]3CC)C(C)C2OCc2ccccc2)[C@@H](N=[N+]=[N-])C(C)[C@@H]1O[C@@H]1OC(C(=O)OC)[C@@H](C)C(C)[C@@H]1OC(C)=O. The van der Waals surface area contributed by atoms with Crippen molar-refractivity contribution in [1.29, 1.82) is 0 Å². The zero-order valence-electron chi connectivity index (χ0n) is 50.4. The molecule has 85 heavy (non-hydrogen) atoms. The van der Waals surface area contributed by atoms with Gasteiger partial charge in [0.1, 0.15) is 18.8 Å². The number of hydrogen-bond donors (Lipinski definition) is 0. The maximum Gasteiger partial charge on any atom is 0.410 e. The quantitative estimate of drug-likeness (QED) is 0.0171. The number of azide groups is 2. The zero-order chi connectivity index (χ0) is 61.2. The summed E-state index contributed by atoms with van der Waals surface area (Å²) in [6.07, 6.45) is -10.2. The van der Waals surface area contributed by atoms with Crippen molar-refractivity contribution in [3.8, 4) is 0 Å². The van der Waals surface area contributed by atoms with Crippen molar-refractivity contribution in [2.75, 3.05) is 20.3 Å². The van der Waals surface area contributed by atoms with Gasteiger partial charge in [-0.25, -0.2) is 9.59 Å². The number of carbonyl (C=O) groups is 4. The number of nitrogens with zero attached hydrogens (tertiary/aromatic N) is 7. The molecule has 3 aromatic rings. The van der Waals surface area contributed by atoms with Crippen LogP contribution in [0.5, 0.6) is 0 Å². The molecule has 23 heteroatoms. The molecular formula is C62H85N7O16. The Morgan fingerprint density at radius 2 is 1.08 bits per heavy atom. The maximum absolute atomic E-state index is 14.0. The number of unbranched alkanes of at least 4 members (excludes halogenated alkanes) is 2. The minimum Gasteiger partial charge on any atom is -0.467 e. The van der Waals surface area contributed by atoms with Gasteiger partial charge in [0.15, 0.2) is 43.2 Å². The highest BCUT2D eigenvalue weighted by Gasteiger charge is 2.56. The molecule has 4 fully saturated rings. The number of ketones is 1. The van der Waals surface area contributed by atoms with Crippen LogP contribution in [0.15, 0.2) is 101 Å². The smallest absolute Gasteiger partial charge is 0.410 e. The van der Waals surface area contributed by atoms with E-state index in [9.17, 15) is 30.2 Å². The third-order valence-electron chi connectivity index (χ3n) is 16.8. The standard InChI is InChI=1S/C62H85N7O16/c1-11-46-50(38(5)48(65-67-63)59(79-46)75-32-24-16-23-31-69(33-43-25-17-13-18-26-43)62(73)77-35-45-29-21-15-22-30-45)81-58-40(7)52(76-34-44-27-19-14-20-28-44)56(55(84-58)41(8)70)85-60-49(66-68-64)39(6)51(47(12-2)80-60)82-61-54(78-42(9)71)37(4)36(3)53(83-61)57(72)74-10/h13-15,17-22,25-30,36-40,46-56,58-61H,11-12,16,23-24,31-35H2,1-10H3/t36-,37?,38?,39?,40?,46-,47?,48?,49-,50-,51-,52?,53?,54-,55?,56-,58+,59-,60+,61+/m0/s1. The van der Waals surface area contributed by atoms with E-state index < -0.39 is 146 Å². The molecule has 0 bridgehead atoms. The van der Waals surface area contributed by atoms with E-state index in [0.29, 0.717) is 38.8 Å². The van der Waals surface area contributed by atoms with E-state index in [2.05, 4.69) is 20.1 Å². The van der Waals surface area contributed by atoms with E-state index in [0.717, 1.165) is 23.1 Å². The van der Waals surface area contributed by atoms with Crippen molar-refractivity contribution < 1.29 is 76.0 Å². The van der Waals surface area contributed by atoms with Crippen molar-refractivity contribution in [3.05, 3.63) is 129 Å². The van der Waals surface area contributed by atoms with Crippen LogP contribution in [-0.4, -0.2) is 141 Å². The Bertz CT molecular complexity index is 2690. The predicted molar refractivity (Wildman–Crippen MR) is 308 cm³/mol. The molecule has 9 unspecified atom stereocenters. The number of amides is 1. The van der Waals surface area contributed by atoms with Crippen LogP contribution in [-0.2, 0) is 91.0 Å². The first-order valence-electron chi connectivity index (χ1n) is 29.7. The lowest BCUT2D eigenvalue weighted by molar-refractivity contribution is -0.357. The Labute approximate surface area is 498 Å². The molecule has 4 heterocycles. The molecule has 0 aliphatic carbocycles. The number of ether oxygens (including phenoxy) is 12. The van der Waals surface area contributed by atoms with Crippen LogP contribution in [0, 0.1) is 29.6 Å². The average Bonchev–Trinajstić information content (AvgIpc) is 2.47. The number of rotatable bonds is 27. The van der Waals surface area contributed by atoms with Gasteiger partial charge in [-0.15, -0.1) is 0 Å². The topological polar surface area (TPSA) is 280 Å². The van der Waals surface area contributed by atoms with E-state index in [-0.39, 0.29) is 19.8 Å². The molecule has 23 nitrogen and oxygen atoms in total. The van der Waals surface area contributed by atoms with Gasteiger partial charge in [-0.2, -0.15) is 0 Å². The molecule has 1 amide bonds. The summed E-state index contributed by atoms with van der Waals surface area (Å²) >= 11 is 0. The van der Waals surface area contributed by atoms with Gasteiger partial charge in [0.2, 0.25) is 0 Å². The Morgan fingerprint density at radius 1 is 0.553 bits per heavy atom. The minimum absolute atomic E-state index is 0.114. The molecule has 3 aromatic carbocycles. The van der Waals surface area contributed by atoms with Crippen LogP contribution in [0.25, 0.3) is 20.9 Å². The minimum atomic E-state index is -1.30. The molecule has 7 rings (SSSR count). The second-order valence-electron chi connectivity index (χ2n) is 22.6. The number of hydrogen-bond acceptors (Lipinski definition) is 18. The van der Waals surface area contributed by atoms with Gasteiger partial charge >= 0.3 is 18.0 Å². The molecule has 464 valence electrons. The molecule has 0 aromatic heterocycles. The molecule has 20 atom stereocenters. The molecule has 4 saturated heterocycles. The molecule has 4 aliphatic rings. The number of carbonyl (C=O) groups excluding carboxylic acids is 4. The molecule has 0 radical (unpaired) electrons. The van der Waals surface area contributed by atoms with E-state index in [1.807, 2.05) is 133 Å². The maximum atomic E-state index is 14.0. The molecule has 0 spiro atoms. The summed E-state index contributed by atoms with van der Waals surface area (Å²) < 4.78 is 76.4. The number of Topliss-reactive ketones (excluding diaryl/α,β-unsaturated/α-hetero) is 1. The van der Waals surface area contributed by atoms with E-state index in [4.69, 9.17) is 56.8 Å². The predicted octanol–water partition coefficient (Wildman–Crippen LogP) is 10.7. The monoisotopic (exact) mass is 1180 g/mol. The third kappa shape index (κ3) is 17.3. The first kappa shape index (κ1) is 66.3. The highest BCUT2D eigenvalue weighted by atomic mass is 16.8. The lowest BCUT2D eigenvalue weighted by Crippen LogP contribution is -2.64.